The molecule has 0 bridgehead atoms. The molecule has 0 saturated heterocycles. The summed E-state index contributed by atoms with van der Waals surface area (Å²) in [5.41, 5.74) is 4.90. The van der Waals surface area contributed by atoms with E-state index in [4.69, 9.17) is 0 Å². The van der Waals surface area contributed by atoms with E-state index >= 15 is 4.39 Å². The summed E-state index contributed by atoms with van der Waals surface area (Å²) in [4.78, 5) is 0. The van der Waals surface area contributed by atoms with Gasteiger partial charge < -0.3 is 0 Å². The van der Waals surface area contributed by atoms with Crippen LogP contribution in [0.3, 0.4) is 0 Å². The van der Waals surface area contributed by atoms with Gasteiger partial charge in [-0.25, -0.2) is 4.39 Å². The predicted octanol–water partition coefficient (Wildman–Crippen LogP) is 10.1. The lowest BCUT2D eigenvalue weighted by Crippen LogP contribution is -2.13. The van der Waals surface area contributed by atoms with E-state index in [-0.39, 0.29) is 5.82 Å². The Labute approximate surface area is 212 Å². The van der Waals surface area contributed by atoms with Crippen molar-refractivity contribution in [3.8, 4) is 0 Å². The van der Waals surface area contributed by atoms with Crippen molar-refractivity contribution >= 4 is 10.8 Å². The van der Waals surface area contributed by atoms with Crippen molar-refractivity contribution < 1.29 is 4.39 Å². The standard InChI is InChI=1S/C34H43F/c1-3-5-7-9-26-11-17-29(18-12-26)30-19-13-27(14-20-30)15-21-31-22-23-32-25-28(10-8-6-4-2)16-24-33(32)34(31)35/h4,6,13-14,16,19-20,22-26,29H,3,5,7-12,15,17-18,21H2,1-2H3/b6-4+. The Morgan fingerprint density at radius 1 is 0.829 bits per heavy atom. The minimum absolute atomic E-state index is 0.0465. The molecule has 0 radical (unpaired) electrons. The smallest absolute Gasteiger partial charge is 0.134 e. The van der Waals surface area contributed by atoms with E-state index in [0.717, 1.165) is 53.9 Å². The van der Waals surface area contributed by atoms with Gasteiger partial charge in [0.05, 0.1) is 0 Å². The molecule has 0 heterocycles. The number of benzene rings is 3. The Morgan fingerprint density at radius 2 is 1.60 bits per heavy atom. The molecule has 1 aliphatic rings. The van der Waals surface area contributed by atoms with Crippen molar-refractivity contribution in [1.29, 1.82) is 0 Å². The quantitative estimate of drug-likeness (QED) is 0.193. The SMILES string of the molecule is C/C=C/CCc1ccc2c(F)c(CCc3ccc(C4CCC(CCCCC)CC4)cc3)ccc2c1. The van der Waals surface area contributed by atoms with Crippen LogP contribution in [0.25, 0.3) is 10.8 Å². The van der Waals surface area contributed by atoms with Gasteiger partial charge in [0.25, 0.3) is 0 Å². The third-order valence-electron chi connectivity index (χ3n) is 8.13. The fourth-order valence-electron chi connectivity index (χ4n) is 5.85. The van der Waals surface area contributed by atoms with Crippen LogP contribution in [0.2, 0.25) is 0 Å². The number of halogens is 1. The minimum Gasteiger partial charge on any atom is -0.206 e. The van der Waals surface area contributed by atoms with Crippen LogP contribution >= 0.6 is 0 Å². The zero-order valence-corrected chi connectivity index (χ0v) is 21.9. The highest BCUT2D eigenvalue weighted by atomic mass is 19.1. The van der Waals surface area contributed by atoms with Crippen molar-refractivity contribution in [3.05, 3.63) is 94.8 Å². The van der Waals surface area contributed by atoms with Gasteiger partial charge in [0.1, 0.15) is 5.82 Å². The van der Waals surface area contributed by atoms with Gasteiger partial charge >= 0.3 is 0 Å². The van der Waals surface area contributed by atoms with Crippen LogP contribution in [0.5, 0.6) is 0 Å². The van der Waals surface area contributed by atoms with Crippen molar-refractivity contribution in [2.45, 2.75) is 96.8 Å². The highest BCUT2D eigenvalue weighted by Crippen LogP contribution is 2.38. The molecule has 1 fully saturated rings. The third-order valence-corrected chi connectivity index (χ3v) is 8.13. The zero-order valence-electron chi connectivity index (χ0n) is 21.9. The van der Waals surface area contributed by atoms with Crippen molar-refractivity contribution in [3.63, 3.8) is 0 Å². The second kappa shape index (κ2) is 13.1. The van der Waals surface area contributed by atoms with Gasteiger partial charge in [0.15, 0.2) is 0 Å². The average molecular weight is 471 g/mol. The maximum Gasteiger partial charge on any atom is 0.134 e. The fraction of sp³-hybridized carbons (Fsp3) is 0.471. The molecular formula is C34H43F. The molecule has 3 aromatic carbocycles. The fourth-order valence-corrected chi connectivity index (χ4v) is 5.85. The highest BCUT2D eigenvalue weighted by Gasteiger charge is 2.22. The first kappa shape index (κ1) is 25.7. The summed E-state index contributed by atoms with van der Waals surface area (Å²) in [7, 11) is 0. The van der Waals surface area contributed by atoms with Gasteiger partial charge in [-0.1, -0.05) is 99.4 Å². The molecule has 35 heavy (non-hydrogen) atoms. The third kappa shape index (κ3) is 7.06. The Kier molecular flexibility index (Phi) is 9.57. The van der Waals surface area contributed by atoms with Gasteiger partial charge in [-0.05, 0) is 97.8 Å². The Balaban J connectivity index is 1.31. The van der Waals surface area contributed by atoms with E-state index in [9.17, 15) is 0 Å². The lowest BCUT2D eigenvalue weighted by atomic mass is 9.77. The normalized spacial score (nSPS) is 18.5. The molecule has 0 aromatic heterocycles. The van der Waals surface area contributed by atoms with E-state index in [0.29, 0.717) is 0 Å². The van der Waals surface area contributed by atoms with Crippen LogP contribution in [0.4, 0.5) is 4.39 Å². The minimum atomic E-state index is -0.0465. The Bertz CT molecular complexity index is 1080. The van der Waals surface area contributed by atoms with E-state index in [2.05, 4.69) is 61.5 Å². The summed E-state index contributed by atoms with van der Waals surface area (Å²) in [6.07, 6.45) is 19.0. The van der Waals surface area contributed by atoms with Gasteiger partial charge in [-0.15, -0.1) is 0 Å². The van der Waals surface area contributed by atoms with Crippen LogP contribution in [-0.2, 0) is 19.3 Å². The highest BCUT2D eigenvalue weighted by molar-refractivity contribution is 5.84. The summed E-state index contributed by atoms with van der Waals surface area (Å²) in [6, 6.07) is 19.5. The summed E-state index contributed by atoms with van der Waals surface area (Å²) in [5, 5.41) is 1.76. The van der Waals surface area contributed by atoms with Crippen molar-refractivity contribution in [2.75, 3.05) is 0 Å². The van der Waals surface area contributed by atoms with Gasteiger partial charge in [-0.2, -0.15) is 0 Å². The van der Waals surface area contributed by atoms with Crippen molar-refractivity contribution in [1.82, 2.24) is 0 Å². The molecule has 1 saturated carbocycles. The summed E-state index contributed by atoms with van der Waals surface area (Å²) >= 11 is 0. The molecule has 3 aromatic rings. The summed E-state index contributed by atoms with van der Waals surface area (Å²) in [5.74, 6) is 1.64. The molecule has 186 valence electrons. The van der Waals surface area contributed by atoms with E-state index in [1.807, 2.05) is 19.1 Å². The number of hydrogen-bond acceptors (Lipinski definition) is 0. The number of rotatable bonds is 11. The second-order valence-electron chi connectivity index (χ2n) is 10.7. The Morgan fingerprint density at radius 3 is 2.34 bits per heavy atom. The first-order valence-corrected chi connectivity index (χ1v) is 14.1. The molecular weight excluding hydrogens is 427 g/mol. The van der Waals surface area contributed by atoms with Crippen LogP contribution in [0, 0.1) is 11.7 Å². The number of aryl methyl sites for hydroxylation is 3. The molecule has 0 amide bonds. The van der Waals surface area contributed by atoms with Crippen molar-refractivity contribution in [2.24, 2.45) is 5.92 Å². The molecule has 0 N–H and O–H groups in total. The first-order chi connectivity index (χ1) is 17.2. The molecule has 0 atom stereocenters. The molecule has 0 nitrogen and oxygen atoms in total. The summed E-state index contributed by atoms with van der Waals surface area (Å²) in [6.45, 7) is 4.34. The van der Waals surface area contributed by atoms with E-state index in [1.54, 1.807) is 0 Å². The number of unbranched alkanes of at least 4 members (excludes halogenated alkanes) is 2. The zero-order chi connectivity index (χ0) is 24.5. The van der Waals surface area contributed by atoms with E-state index < -0.39 is 0 Å². The maximum atomic E-state index is 15.2. The molecule has 0 spiro atoms. The number of allylic oxidation sites excluding steroid dienone is 2. The first-order valence-electron chi connectivity index (χ1n) is 14.1. The maximum absolute atomic E-state index is 15.2. The van der Waals surface area contributed by atoms with Crippen LogP contribution in [0.1, 0.15) is 99.8 Å². The monoisotopic (exact) mass is 470 g/mol. The largest absolute Gasteiger partial charge is 0.206 e. The molecule has 4 rings (SSSR count). The average Bonchev–Trinajstić information content (AvgIpc) is 2.89. The number of hydrogen-bond donors (Lipinski definition) is 0. The lowest BCUT2D eigenvalue weighted by Gasteiger charge is -2.29. The van der Waals surface area contributed by atoms with Gasteiger partial charge in [0, 0.05) is 5.39 Å². The number of fused-ring (bicyclic) bond motifs is 1. The van der Waals surface area contributed by atoms with Crippen LogP contribution in [0.15, 0.2) is 66.7 Å². The lowest BCUT2D eigenvalue weighted by molar-refractivity contribution is 0.303. The summed E-state index contributed by atoms with van der Waals surface area (Å²) < 4.78 is 15.2. The predicted molar refractivity (Wildman–Crippen MR) is 150 cm³/mol. The van der Waals surface area contributed by atoms with Crippen LogP contribution < -0.4 is 0 Å². The molecule has 1 aliphatic carbocycles. The Hall–Kier alpha value is -2.41. The molecule has 0 aliphatic heterocycles. The van der Waals surface area contributed by atoms with Gasteiger partial charge in [-0.3, -0.25) is 0 Å². The second-order valence-corrected chi connectivity index (χ2v) is 10.7. The molecule has 0 unspecified atom stereocenters. The molecule has 1 heteroatoms. The van der Waals surface area contributed by atoms with E-state index in [1.165, 1.54) is 68.1 Å². The van der Waals surface area contributed by atoms with Crippen LogP contribution in [-0.4, -0.2) is 0 Å². The topological polar surface area (TPSA) is 0 Å². The van der Waals surface area contributed by atoms with Gasteiger partial charge in [0.2, 0.25) is 0 Å².